The van der Waals surface area contributed by atoms with Crippen molar-refractivity contribution in [2.45, 2.75) is 51.1 Å². The summed E-state index contributed by atoms with van der Waals surface area (Å²) in [6.07, 6.45) is 5.88. The highest BCUT2D eigenvalue weighted by molar-refractivity contribution is 5.93. The van der Waals surface area contributed by atoms with Crippen LogP contribution in [-0.4, -0.2) is 23.7 Å². The number of carbonyl (C=O) groups is 1. The molecule has 0 spiro atoms. The first-order valence-electron chi connectivity index (χ1n) is 9.20. The van der Waals surface area contributed by atoms with Crippen molar-refractivity contribution in [1.82, 2.24) is 0 Å². The van der Waals surface area contributed by atoms with Crippen molar-refractivity contribution in [3.05, 3.63) is 34.9 Å². The Morgan fingerprint density at radius 2 is 2.04 bits per heavy atom. The molecule has 0 amide bonds. The summed E-state index contributed by atoms with van der Waals surface area (Å²) in [7, 11) is 0. The molecule has 1 fully saturated rings. The van der Waals surface area contributed by atoms with E-state index in [1.54, 1.807) is 12.2 Å². The van der Waals surface area contributed by atoms with Crippen LogP contribution < -0.4 is 0 Å². The second kappa shape index (κ2) is 5.83. The number of halogens is 3. The Hall–Kier alpha value is -1.36. The normalized spacial score (nSPS) is 35.8. The topological polar surface area (TPSA) is 37.3 Å². The number of carbonyl (C=O) groups excluding carboxylic acids is 1. The van der Waals surface area contributed by atoms with Crippen LogP contribution in [0.15, 0.2) is 34.9 Å². The summed E-state index contributed by atoms with van der Waals surface area (Å²) >= 11 is 0. The Morgan fingerprint density at radius 1 is 1.24 bits per heavy atom. The molecule has 0 heterocycles. The molecular weight excluding hydrogens is 329 g/mol. The molecule has 4 aliphatic carbocycles. The van der Waals surface area contributed by atoms with Crippen LogP contribution in [0.25, 0.3) is 0 Å². The minimum absolute atomic E-state index is 0.0575. The van der Waals surface area contributed by atoms with E-state index in [-0.39, 0.29) is 17.6 Å². The molecule has 1 saturated carbocycles. The predicted molar refractivity (Wildman–Crippen MR) is 87.6 cm³/mol. The van der Waals surface area contributed by atoms with Gasteiger partial charge in [0.1, 0.15) is 0 Å². The molecule has 0 aromatic rings. The van der Waals surface area contributed by atoms with E-state index in [0.717, 1.165) is 36.8 Å². The van der Waals surface area contributed by atoms with E-state index in [1.165, 1.54) is 5.57 Å². The molecule has 4 aliphatic rings. The Bertz CT molecular complexity index is 686. The van der Waals surface area contributed by atoms with Gasteiger partial charge in [-0.15, -0.1) is 0 Å². The molecule has 1 N–H and O–H groups in total. The quantitative estimate of drug-likeness (QED) is 0.794. The van der Waals surface area contributed by atoms with Gasteiger partial charge in [-0.2, -0.15) is 13.2 Å². The molecular formula is C20H23F3O2. The SMILES string of the molecule is O=C1C=C2CC[C@@H]3C(=C2CC1)C=CC1(C(CO)C(F)(F)F)CCC[C@@H]31. The van der Waals surface area contributed by atoms with E-state index in [0.29, 0.717) is 19.3 Å². The maximum absolute atomic E-state index is 13.6. The van der Waals surface area contributed by atoms with Crippen LogP contribution in [0.2, 0.25) is 0 Å². The lowest BCUT2D eigenvalue weighted by Gasteiger charge is -2.48. The maximum Gasteiger partial charge on any atom is 0.394 e. The molecule has 2 unspecified atom stereocenters. The zero-order valence-electron chi connectivity index (χ0n) is 14.1. The molecule has 4 atom stereocenters. The van der Waals surface area contributed by atoms with Crippen LogP contribution in [0.1, 0.15) is 44.9 Å². The van der Waals surface area contributed by atoms with Crippen LogP contribution in [0.5, 0.6) is 0 Å². The smallest absolute Gasteiger partial charge is 0.394 e. The summed E-state index contributed by atoms with van der Waals surface area (Å²) in [5, 5.41) is 9.56. The molecule has 136 valence electrons. The van der Waals surface area contributed by atoms with Crippen molar-refractivity contribution in [3.63, 3.8) is 0 Å². The minimum Gasteiger partial charge on any atom is -0.396 e. The van der Waals surface area contributed by atoms with E-state index in [1.807, 2.05) is 6.08 Å². The Balaban J connectivity index is 1.80. The van der Waals surface area contributed by atoms with Gasteiger partial charge in [-0.05, 0) is 66.7 Å². The van der Waals surface area contributed by atoms with Crippen LogP contribution in [0.3, 0.4) is 0 Å². The Morgan fingerprint density at radius 3 is 2.76 bits per heavy atom. The summed E-state index contributed by atoms with van der Waals surface area (Å²) < 4.78 is 40.9. The number of hydrogen-bond acceptors (Lipinski definition) is 2. The summed E-state index contributed by atoms with van der Waals surface area (Å²) in [5.41, 5.74) is 2.48. The first-order valence-corrected chi connectivity index (χ1v) is 9.20. The minimum atomic E-state index is -4.39. The third-order valence-corrected chi connectivity index (χ3v) is 6.92. The molecule has 5 heteroatoms. The van der Waals surface area contributed by atoms with Crippen molar-refractivity contribution in [2.75, 3.05) is 6.61 Å². The monoisotopic (exact) mass is 352 g/mol. The number of hydrogen-bond donors (Lipinski definition) is 1. The number of aliphatic hydroxyl groups is 1. The van der Waals surface area contributed by atoms with Gasteiger partial charge < -0.3 is 5.11 Å². The van der Waals surface area contributed by atoms with Crippen molar-refractivity contribution in [1.29, 1.82) is 0 Å². The van der Waals surface area contributed by atoms with Crippen LogP contribution in [-0.2, 0) is 4.79 Å². The summed E-state index contributed by atoms with van der Waals surface area (Å²) in [5.74, 6) is -1.45. The molecule has 0 aliphatic heterocycles. The van der Waals surface area contributed by atoms with Gasteiger partial charge in [-0.25, -0.2) is 0 Å². The van der Waals surface area contributed by atoms with E-state index < -0.39 is 24.1 Å². The third kappa shape index (κ3) is 2.54. The molecule has 0 radical (unpaired) electrons. The lowest BCUT2D eigenvalue weighted by molar-refractivity contribution is -0.217. The van der Waals surface area contributed by atoms with E-state index in [4.69, 9.17) is 0 Å². The number of rotatable bonds is 2. The predicted octanol–water partition coefficient (Wildman–Crippen LogP) is 4.51. The van der Waals surface area contributed by atoms with Gasteiger partial charge in [0.05, 0.1) is 12.5 Å². The summed E-state index contributed by atoms with van der Waals surface area (Å²) in [6.45, 7) is -0.845. The van der Waals surface area contributed by atoms with Crippen molar-refractivity contribution in [3.8, 4) is 0 Å². The second-order valence-electron chi connectivity index (χ2n) is 7.94. The molecule has 0 bridgehead atoms. The van der Waals surface area contributed by atoms with Gasteiger partial charge in [0, 0.05) is 11.8 Å². The van der Waals surface area contributed by atoms with Crippen molar-refractivity contribution in [2.24, 2.45) is 23.2 Å². The van der Waals surface area contributed by atoms with Crippen LogP contribution in [0, 0.1) is 23.2 Å². The zero-order chi connectivity index (χ0) is 17.8. The van der Waals surface area contributed by atoms with Crippen molar-refractivity contribution < 1.29 is 23.1 Å². The van der Waals surface area contributed by atoms with Crippen LogP contribution >= 0.6 is 0 Å². The highest BCUT2D eigenvalue weighted by atomic mass is 19.4. The Labute approximate surface area is 145 Å². The summed E-state index contributed by atoms with van der Waals surface area (Å²) in [6, 6.07) is 0. The fourth-order valence-corrected chi connectivity index (χ4v) is 5.88. The second-order valence-corrected chi connectivity index (χ2v) is 7.94. The average molecular weight is 352 g/mol. The number of alkyl halides is 3. The summed E-state index contributed by atoms with van der Waals surface area (Å²) in [4.78, 5) is 11.7. The average Bonchev–Trinajstić information content (AvgIpc) is 2.98. The highest BCUT2D eigenvalue weighted by Crippen LogP contribution is 2.62. The molecule has 0 aromatic heterocycles. The van der Waals surface area contributed by atoms with Crippen LogP contribution in [0.4, 0.5) is 13.2 Å². The van der Waals surface area contributed by atoms with Gasteiger partial charge in [-0.1, -0.05) is 18.6 Å². The number of ketones is 1. The van der Waals surface area contributed by atoms with E-state index in [2.05, 4.69) is 0 Å². The standard InChI is InChI=1S/C20H23F3O2/c21-20(22,23)18(11-24)19-8-1-2-17(19)16-5-3-12-10-13(25)4-6-14(12)15(16)7-9-19/h7,9-10,16-18,24H,1-6,8,11H2/t16-,17+,18?,19?/m1/s1. The van der Waals surface area contributed by atoms with Crippen molar-refractivity contribution >= 4 is 5.78 Å². The maximum atomic E-state index is 13.6. The first-order chi connectivity index (χ1) is 11.9. The fourth-order valence-electron chi connectivity index (χ4n) is 5.88. The van der Waals surface area contributed by atoms with Gasteiger partial charge in [-0.3, -0.25) is 4.79 Å². The molecule has 0 saturated heterocycles. The Kier molecular flexibility index (Phi) is 3.98. The molecule has 25 heavy (non-hydrogen) atoms. The van der Waals surface area contributed by atoms with Gasteiger partial charge in [0.25, 0.3) is 0 Å². The van der Waals surface area contributed by atoms with Gasteiger partial charge in [0.15, 0.2) is 5.78 Å². The lowest BCUT2D eigenvalue weighted by atomic mass is 9.56. The molecule has 4 rings (SSSR count). The third-order valence-electron chi connectivity index (χ3n) is 6.92. The first kappa shape index (κ1) is 17.1. The largest absolute Gasteiger partial charge is 0.396 e. The number of allylic oxidation sites excluding steroid dienone is 6. The number of fused-ring (bicyclic) bond motifs is 4. The number of aliphatic hydroxyl groups excluding tert-OH is 1. The molecule has 0 aromatic carbocycles. The zero-order valence-corrected chi connectivity index (χ0v) is 14.1. The van der Waals surface area contributed by atoms with Gasteiger partial charge in [0.2, 0.25) is 0 Å². The lowest BCUT2D eigenvalue weighted by Crippen LogP contribution is -2.47. The highest BCUT2D eigenvalue weighted by Gasteiger charge is 2.60. The van der Waals surface area contributed by atoms with E-state index in [9.17, 15) is 23.1 Å². The van der Waals surface area contributed by atoms with E-state index >= 15 is 0 Å². The van der Waals surface area contributed by atoms with Gasteiger partial charge >= 0.3 is 6.18 Å². The fraction of sp³-hybridized carbons (Fsp3) is 0.650. The molecule has 2 nitrogen and oxygen atoms in total.